The summed E-state index contributed by atoms with van der Waals surface area (Å²) in [5.74, 6) is 0.384. The number of piperidine rings is 1. The zero-order valence-corrected chi connectivity index (χ0v) is 12.5. The van der Waals surface area contributed by atoms with Crippen LogP contribution < -0.4 is 16.4 Å². The Hall–Kier alpha value is -0.850. The van der Waals surface area contributed by atoms with Gasteiger partial charge in [-0.25, -0.2) is 4.79 Å². The first kappa shape index (κ1) is 18.1. The van der Waals surface area contributed by atoms with Gasteiger partial charge in [-0.1, -0.05) is 6.92 Å². The first-order valence-corrected chi connectivity index (χ1v) is 6.58. The summed E-state index contributed by atoms with van der Waals surface area (Å²) >= 11 is 0. The fraction of sp³-hybridized carbons (Fsp3) is 0.833. The Morgan fingerprint density at radius 3 is 2.68 bits per heavy atom. The summed E-state index contributed by atoms with van der Waals surface area (Å²) in [4.78, 5) is 25.0. The molecule has 0 radical (unpaired) electrons. The number of urea groups is 1. The quantitative estimate of drug-likeness (QED) is 0.696. The van der Waals surface area contributed by atoms with Gasteiger partial charge in [0.2, 0.25) is 5.91 Å². The molecule has 1 saturated heterocycles. The van der Waals surface area contributed by atoms with E-state index in [9.17, 15) is 9.59 Å². The lowest BCUT2D eigenvalue weighted by molar-refractivity contribution is -0.122. The fourth-order valence-corrected chi connectivity index (χ4v) is 2.31. The molecule has 0 bridgehead atoms. The molecule has 1 rings (SSSR count). The summed E-state index contributed by atoms with van der Waals surface area (Å²) in [5, 5.41) is 4.84. The Balaban J connectivity index is 0.00000324. The smallest absolute Gasteiger partial charge is 0.321 e. The van der Waals surface area contributed by atoms with E-state index >= 15 is 0 Å². The molecule has 3 amide bonds. The van der Waals surface area contributed by atoms with Crippen molar-refractivity contribution in [2.24, 2.45) is 11.7 Å². The fourth-order valence-electron chi connectivity index (χ4n) is 2.31. The first-order valence-electron chi connectivity index (χ1n) is 6.58. The molecule has 2 atom stereocenters. The number of likely N-dealkylation sites (tertiary alicyclic amines) is 1. The monoisotopic (exact) mass is 292 g/mol. The molecule has 7 heteroatoms. The zero-order valence-electron chi connectivity index (χ0n) is 11.6. The van der Waals surface area contributed by atoms with Crippen LogP contribution in [0.3, 0.4) is 0 Å². The lowest BCUT2D eigenvalue weighted by atomic mass is 9.92. The summed E-state index contributed by atoms with van der Waals surface area (Å²) in [6.07, 6.45) is 2.09. The highest BCUT2D eigenvalue weighted by Gasteiger charge is 2.26. The lowest BCUT2D eigenvalue weighted by Gasteiger charge is -2.37. The number of nitrogens with one attached hydrogen (secondary N) is 2. The van der Waals surface area contributed by atoms with Gasteiger partial charge in [0.1, 0.15) is 0 Å². The highest BCUT2D eigenvalue weighted by atomic mass is 35.5. The highest BCUT2D eigenvalue weighted by Crippen LogP contribution is 2.21. The molecule has 1 fully saturated rings. The molecule has 4 N–H and O–H groups in total. The maximum Gasteiger partial charge on any atom is 0.321 e. The van der Waals surface area contributed by atoms with Gasteiger partial charge in [-0.2, -0.15) is 0 Å². The van der Waals surface area contributed by atoms with Gasteiger partial charge >= 0.3 is 6.03 Å². The number of nitrogens with zero attached hydrogens (tertiary/aromatic N) is 1. The van der Waals surface area contributed by atoms with Crippen LogP contribution in [0.5, 0.6) is 0 Å². The third-order valence-electron chi connectivity index (χ3n) is 3.31. The van der Waals surface area contributed by atoms with Gasteiger partial charge in [-0.15, -0.1) is 12.4 Å². The molecule has 1 aliphatic rings. The number of rotatable bonds is 4. The standard InChI is InChI=1S/C12H24N4O2.ClH/c1-3-14-12(18)15-11(17)8-16-5-4-9(2)6-10(16)7-13;/h9-10H,3-8,13H2,1-2H3,(H2,14,15,17,18);1H. The Kier molecular flexibility index (Phi) is 8.71. The zero-order chi connectivity index (χ0) is 13.5. The van der Waals surface area contributed by atoms with Crippen LogP contribution in [0, 0.1) is 5.92 Å². The van der Waals surface area contributed by atoms with Gasteiger partial charge in [0.05, 0.1) is 6.54 Å². The number of nitrogens with two attached hydrogens (primary N) is 1. The molecular weight excluding hydrogens is 268 g/mol. The molecule has 0 aromatic heterocycles. The van der Waals surface area contributed by atoms with Crippen molar-refractivity contribution in [2.45, 2.75) is 32.7 Å². The van der Waals surface area contributed by atoms with Crippen molar-refractivity contribution in [1.29, 1.82) is 0 Å². The van der Waals surface area contributed by atoms with E-state index in [1.165, 1.54) is 0 Å². The molecule has 0 aliphatic carbocycles. The van der Waals surface area contributed by atoms with E-state index in [1.807, 2.05) is 0 Å². The van der Waals surface area contributed by atoms with Gasteiger partial charge in [-0.3, -0.25) is 15.0 Å². The maximum atomic E-state index is 11.7. The Morgan fingerprint density at radius 1 is 1.42 bits per heavy atom. The Labute approximate surface area is 120 Å². The summed E-state index contributed by atoms with van der Waals surface area (Å²) < 4.78 is 0. The summed E-state index contributed by atoms with van der Waals surface area (Å²) in [6, 6.07) is -0.189. The van der Waals surface area contributed by atoms with Gasteiger partial charge in [0.25, 0.3) is 0 Å². The second kappa shape index (κ2) is 9.12. The average molecular weight is 293 g/mol. The van der Waals surface area contributed by atoms with E-state index in [4.69, 9.17) is 5.73 Å². The first-order chi connectivity index (χ1) is 8.56. The van der Waals surface area contributed by atoms with Crippen molar-refractivity contribution in [3.05, 3.63) is 0 Å². The number of carbonyl (C=O) groups is 2. The number of hydrogen-bond donors (Lipinski definition) is 3. The summed E-state index contributed by atoms with van der Waals surface area (Å²) in [6.45, 7) is 6.18. The van der Waals surface area contributed by atoms with Crippen LogP contribution in [0.4, 0.5) is 4.79 Å². The van der Waals surface area contributed by atoms with E-state index < -0.39 is 6.03 Å². The molecular formula is C12H25ClN4O2. The number of imide groups is 1. The highest BCUT2D eigenvalue weighted by molar-refractivity contribution is 5.95. The SMILES string of the molecule is CCNC(=O)NC(=O)CN1CCC(C)CC1CN.Cl. The molecule has 6 nitrogen and oxygen atoms in total. The number of carbonyl (C=O) groups excluding carboxylic acids is 2. The van der Waals surface area contributed by atoms with Crippen LogP contribution in [0.15, 0.2) is 0 Å². The molecule has 0 aromatic carbocycles. The minimum Gasteiger partial charge on any atom is -0.338 e. The number of amides is 3. The maximum absolute atomic E-state index is 11.7. The number of hydrogen-bond acceptors (Lipinski definition) is 4. The van der Waals surface area contributed by atoms with E-state index in [1.54, 1.807) is 6.92 Å². The van der Waals surface area contributed by atoms with Gasteiger partial charge < -0.3 is 11.1 Å². The molecule has 0 spiro atoms. The molecule has 1 heterocycles. The molecule has 0 aromatic rings. The van der Waals surface area contributed by atoms with Crippen LogP contribution in [-0.4, -0.2) is 49.1 Å². The van der Waals surface area contributed by atoms with Crippen molar-refractivity contribution in [3.8, 4) is 0 Å². The van der Waals surface area contributed by atoms with Crippen molar-refractivity contribution in [1.82, 2.24) is 15.5 Å². The predicted octanol–water partition coefficient (Wildman–Crippen LogP) is 0.313. The summed E-state index contributed by atoms with van der Waals surface area (Å²) in [7, 11) is 0. The minimum atomic E-state index is -0.433. The van der Waals surface area contributed by atoms with Crippen molar-refractivity contribution < 1.29 is 9.59 Å². The normalized spacial score (nSPS) is 23.3. The van der Waals surface area contributed by atoms with Crippen molar-refractivity contribution in [3.63, 3.8) is 0 Å². The minimum absolute atomic E-state index is 0. The van der Waals surface area contributed by atoms with Gasteiger partial charge in [0.15, 0.2) is 0 Å². The van der Waals surface area contributed by atoms with E-state index in [2.05, 4.69) is 22.5 Å². The predicted molar refractivity (Wildman–Crippen MR) is 77.3 cm³/mol. The molecule has 112 valence electrons. The van der Waals surface area contributed by atoms with Gasteiger partial charge in [-0.05, 0) is 32.2 Å². The molecule has 0 saturated carbocycles. The van der Waals surface area contributed by atoms with E-state index in [0.29, 0.717) is 19.0 Å². The van der Waals surface area contributed by atoms with Crippen molar-refractivity contribution >= 4 is 24.3 Å². The molecule has 19 heavy (non-hydrogen) atoms. The Morgan fingerprint density at radius 2 is 2.11 bits per heavy atom. The second-order valence-corrected chi connectivity index (χ2v) is 4.90. The van der Waals surface area contributed by atoms with E-state index in [-0.39, 0.29) is 30.9 Å². The van der Waals surface area contributed by atoms with Crippen LogP contribution in [0.2, 0.25) is 0 Å². The topological polar surface area (TPSA) is 87.5 Å². The van der Waals surface area contributed by atoms with Crippen LogP contribution >= 0.6 is 12.4 Å². The van der Waals surface area contributed by atoms with Crippen molar-refractivity contribution in [2.75, 3.05) is 26.2 Å². The third kappa shape index (κ3) is 6.22. The van der Waals surface area contributed by atoms with Crippen LogP contribution in [-0.2, 0) is 4.79 Å². The lowest BCUT2D eigenvalue weighted by Crippen LogP contribution is -2.51. The largest absolute Gasteiger partial charge is 0.338 e. The third-order valence-corrected chi connectivity index (χ3v) is 3.31. The van der Waals surface area contributed by atoms with Crippen LogP contribution in [0.1, 0.15) is 26.7 Å². The average Bonchev–Trinajstić information content (AvgIpc) is 2.31. The van der Waals surface area contributed by atoms with Crippen LogP contribution in [0.25, 0.3) is 0 Å². The molecule has 1 aliphatic heterocycles. The number of halogens is 1. The summed E-state index contributed by atoms with van der Waals surface area (Å²) in [5.41, 5.74) is 5.73. The Bertz CT molecular complexity index is 301. The molecule has 2 unspecified atom stereocenters. The van der Waals surface area contributed by atoms with Gasteiger partial charge in [0, 0.05) is 19.1 Å². The van der Waals surface area contributed by atoms with E-state index in [0.717, 1.165) is 19.4 Å². The second-order valence-electron chi connectivity index (χ2n) is 4.90.